The van der Waals surface area contributed by atoms with E-state index in [9.17, 15) is 15.0 Å². The Bertz CT molecular complexity index is 769. The van der Waals surface area contributed by atoms with Crippen LogP contribution in [0.2, 0.25) is 0 Å². The van der Waals surface area contributed by atoms with Crippen LogP contribution in [-0.4, -0.2) is 35.5 Å². The van der Waals surface area contributed by atoms with E-state index < -0.39 is 12.2 Å². The van der Waals surface area contributed by atoms with Gasteiger partial charge in [0.1, 0.15) is 0 Å². The van der Waals surface area contributed by atoms with Crippen molar-refractivity contribution in [1.82, 2.24) is 0 Å². The Kier molecular flexibility index (Phi) is 6.20. The molecule has 0 heterocycles. The monoisotopic (exact) mass is 430 g/mol. The number of carbonyl (C=O) groups excluding carboxylic acids is 1. The smallest absolute Gasteiger partial charge is 0.305 e. The SMILES string of the molecule is COC(=O)CCC[C@@H](C)[C@H]1CCC2C3=CC=C4C[C@@H](O)[C@@H](C)[C@H](O)[C@]4(C)C3CC[C@@]21C. The van der Waals surface area contributed by atoms with Crippen molar-refractivity contribution in [2.45, 2.75) is 91.3 Å². The number of hydrogen-bond donors (Lipinski definition) is 2. The predicted octanol–water partition coefficient (Wildman–Crippen LogP) is 5.04. The first kappa shape index (κ1) is 23.0. The molecular formula is C27H42O4. The third kappa shape index (κ3) is 3.53. The molecule has 9 atom stereocenters. The minimum atomic E-state index is -0.491. The van der Waals surface area contributed by atoms with Crippen LogP contribution in [0.3, 0.4) is 0 Å². The summed E-state index contributed by atoms with van der Waals surface area (Å²) in [6.07, 6.45) is 11.7. The topological polar surface area (TPSA) is 66.8 Å². The number of allylic oxidation sites excluding steroid dienone is 3. The second-order valence-corrected chi connectivity index (χ2v) is 11.5. The molecule has 31 heavy (non-hydrogen) atoms. The molecule has 4 nitrogen and oxygen atoms in total. The van der Waals surface area contributed by atoms with E-state index in [4.69, 9.17) is 4.74 Å². The Morgan fingerprint density at radius 1 is 1.19 bits per heavy atom. The van der Waals surface area contributed by atoms with Gasteiger partial charge in [0.15, 0.2) is 0 Å². The highest BCUT2D eigenvalue weighted by molar-refractivity contribution is 5.68. The van der Waals surface area contributed by atoms with Gasteiger partial charge < -0.3 is 14.9 Å². The highest BCUT2D eigenvalue weighted by Gasteiger charge is 2.59. The summed E-state index contributed by atoms with van der Waals surface area (Å²) in [5.41, 5.74) is 2.87. The Hall–Kier alpha value is -1.13. The molecule has 2 unspecified atom stereocenters. The highest BCUT2D eigenvalue weighted by Crippen LogP contribution is 2.66. The molecule has 3 fully saturated rings. The second kappa shape index (κ2) is 8.33. The first-order valence-electron chi connectivity index (χ1n) is 12.5. The zero-order chi connectivity index (χ0) is 22.6. The van der Waals surface area contributed by atoms with Crippen LogP contribution in [0.4, 0.5) is 0 Å². The zero-order valence-electron chi connectivity index (χ0n) is 20.1. The Morgan fingerprint density at radius 3 is 2.65 bits per heavy atom. The largest absolute Gasteiger partial charge is 0.469 e. The van der Waals surface area contributed by atoms with Gasteiger partial charge in [0.05, 0.1) is 19.3 Å². The fourth-order valence-electron chi connectivity index (χ4n) is 8.17. The molecular weight excluding hydrogens is 388 g/mol. The van der Waals surface area contributed by atoms with Crippen molar-refractivity contribution in [3.05, 3.63) is 23.3 Å². The number of hydrogen-bond acceptors (Lipinski definition) is 4. The van der Waals surface area contributed by atoms with Crippen LogP contribution in [0.25, 0.3) is 0 Å². The lowest BCUT2D eigenvalue weighted by atomic mass is 9.48. The lowest BCUT2D eigenvalue weighted by molar-refractivity contribution is -0.140. The minimum absolute atomic E-state index is 0.0824. The minimum Gasteiger partial charge on any atom is -0.469 e. The maximum atomic E-state index is 11.5. The van der Waals surface area contributed by atoms with Gasteiger partial charge in [0, 0.05) is 17.8 Å². The summed E-state index contributed by atoms with van der Waals surface area (Å²) in [7, 11) is 1.47. The van der Waals surface area contributed by atoms with E-state index in [0.29, 0.717) is 41.9 Å². The van der Waals surface area contributed by atoms with Crippen LogP contribution in [0.1, 0.15) is 79.1 Å². The van der Waals surface area contributed by atoms with Gasteiger partial charge >= 0.3 is 5.97 Å². The molecule has 0 saturated heterocycles. The van der Waals surface area contributed by atoms with Gasteiger partial charge in [-0.1, -0.05) is 51.0 Å². The van der Waals surface area contributed by atoms with Gasteiger partial charge in [0.25, 0.3) is 0 Å². The average Bonchev–Trinajstić information content (AvgIpc) is 3.10. The number of fused-ring (bicyclic) bond motifs is 5. The van der Waals surface area contributed by atoms with Crippen LogP contribution in [0.15, 0.2) is 23.3 Å². The summed E-state index contributed by atoms with van der Waals surface area (Å²) in [5, 5.41) is 21.7. The van der Waals surface area contributed by atoms with Crippen molar-refractivity contribution in [3.8, 4) is 0 Å². The van der Waals surface area contributed by atoms with E-state index in [1.54, 1.807) is 5.57 Å². The molecule has 4 aliphatic rings. The Labute approximate surface area is 188 Å². The summed E-state index contributed by atoms with van der Waals surface area (Å²) >= 11 is 0. The van der Waals surface area contributed by atoms with Crippen LogP contribution < -0.4 is 0 Å². The van der Waals surface area contributed by atoms with Gasteiger partial charge in [-0.3, -0.25) is 4.79 Å². The highest BCUT2D eigenvalue weighted by atomic mass is 16.5. The summed E-state index contributed by atoms with van der Waals surface area (Å²) in [5.74, 6) is 2.09. The number of aliphatic hydroxyl groups excluding tert-OH is 2. The summed E-state index contributed by atoms with van der Waals surface area (Å²) < 4.78 is 4.81. The molecule has 0 aromatic heterocycles. The molecule has 0 amide bonds. The van der Waals surface area contributed by atoms with Crippen LogP contribution in [0, 0.1) is 40.4 Å². The van der Waals surface area contributed by atoms with Gasteiger partial charge in [0.2, 0.25) is 0 Å². The Morgan fingerprint density at radius 2 is 1.94 bits per heavy atom. The third-order valence-corrected chi connectivity index (χ3v) is 10.2. The van der Waals surface area contributed by atoms with Crippen molar-refractivity contribution in [2.75, 3.05) is 7.11 Å². The molecule has 4 rings (SSSR count). The maximum absolute atomic E-state index is 11.5. The van der Waals surface area contributed by atoms with Crippen LogP contribution in [0.5, 0.6) is 0 Å². The van der Waals surface area contributed by atoms with Crippen molar-refractivity contribution in [1.29, 1.82) is 0 Å². The first-order valence-corrected chi connectivity index (χ1v) is 12.5. The number of methoxy groups -OCH3 is 1. The number of carbonyl (C=O) groups is 1. The first-order chi connectivity index (χ1) is 14.6. The molecule has 0 radical (unpaired) electrons. The summed E-state index contributed by atoms with van der Waals surface area (Å²) in [4.78, 5) is 11.5. The molecule has 0 aliphatic heterocycles. The summed E-state index contributed by atoms with van der Waals surface area (Å²) in [6.45, 7) is 9.15. The second-order valence-electron chi connectivity index (χ2n) is 11.5. The average molecular weight is 431 g/mol. The molecule has 0 aromatic rings. The number of esters is 1. The van der Waals surface area contributed by atoms with Gasteiger partial charge in [-0.2, -0.15) is 0 Å². The number of ether oxygens (including phenoxy) is 1. The van der Waals surface area contributed by atoms with Crippen molar-refractivity contribution >= 4 is 5.97 Å². The fourth-order valence-corrected chi connectivity index (χ4v) is 8.17. The summed E-state index contributed by atoms with van der Waals surface area (Å²) in [6, 6.07) is 0. The molecule has 2 N–H and O–H groups in total. The van der Waals surface area contributed by atoms with E-state index in [2.05, 4.69) is 32.9 Å². The number of rotatable bonds is 5. The third-order valence-electron chi connectivity index (χ3n) is 10.2. The zero-order valence-corrected chi connectivity index (χ0v) is 20.1. The maximum Gasteiger partial charge on any atom is 0.305 e. The fraction of sp³-hybridized carbons (Fsp3) is 0.815. The van der Waals surface area contributed by atoms with E-state index >= 15 is 0 Å². The molecule has 174 valence electrons. The van der Waals surface area contributed by atoms with E-state index in [-0.39, 0.29) is 17.3 Å². The molecule has 0 aromatic carbocycles. The number of aliphatic hydroxyl groups is 2. The molecule has 3 saturated carbocycles. The predicted molar refractivity (Wildman–Crippen MR) is 122 cm³/mol. The lowest BCUT2D eigenvalue weighted by Gasteiger charge is -2.57. The quantitative estimate of drug-likeness (QED) is 0.600. The van der Waals surface area contributed by atoms with Crippen molar-refractivity contribution in [2.24, 2.45) is 40.4 Å². The van der Waals surface area contributed by atoms with E-state index in [1.807, 2.05) is 6.92 Å². The molecule has 0 bridgehead atoms. The lowest BCUT2D eigenvalue weighted by Crippen LogP contribution is -2.55. The van der Waals surface area contributed by atoms with E-state index in [0.717, 1.165) is 19.3 Å². The normalized spacial score (nSPS) is 45.0. The molecule has 4 heteroatoms. The van der Waals surface area contributed by atoms with Crippen LogP contribution >= 0.6 is 0 Å². The van der Waals surface area contributed by atoms with Crippen molar-refractivity contribution < 1.29 is 19.7 Å². The van der Waals surface area contributed by atoms with Gasteiger partial charge in [-0.25, -0.2) is 0 Å². The van der Waals surface area contributed by atoms with Crippen LogP contribution in [-0.2, 0) is 9.53 Å². The van der Waals surface area contributed by atoms with Gasteiger partial charge in [-0.15, -0.1) is 0 Å². The Balaban J connectivity index is 1.54. The standard InChI is InChI=1S/C27H42O4/c1-16(7-6-8-24(29)31-5)20-11-12-21-19-10-9-18-15-23(28)17(2)25(30)27(18,4)22(19)13-14-26(20,21)3/h9-10,16-17,20-23,25,28,30H,6-8,11-15H2,1-5H3/t16-,17-,20-,21?,22?,23-,25+,26-,27+/m1/s1. The van der Waals surface area contributed by atoms with E-state index in [1.165, 1.54) is 31.9 Å². The molecule has 4 aliphatic carbocycles. The molecule has 0 spiro atoms. The van der Waals surface area contributed by atoms with Crippen molar-refractivity contribution in [3.63, 3.8) is 0 Å². The van der Waals surface area contributed by atoms with Gasteiger partial charge in [-0.05, 0) is 74.0 Å².